The second-order valence-corrected chi connectivity index (χ2v) is 0.750. The molecule has 32 valence electrons. The van der Waals surface area contributed by atoms with Crippen molar-refractivity contribution in [1.82, 2.24) is 0 Å². The van der Waals surface area contributed by atoms with Crippen LogP contribution < -0.4 is 9.59 Å². The first-order valence-corrected chi connectivity index (χ1v) is 1.84. The van der Waals surface area contributed by atoms with Crippen molar-refractivity contribution < 1.29 is 19.5 Å². The molecule has 0 spiro atoms. The van der Waals surface area contributed by atoms with Crippen LogP contribution in [0.25, 0.3) is 0 Å². The van der Waals surface area contributed by atoms with Crippen LogP contribution in [0.4, 0.5) is 0 Å². The second-order valence-electron chi connectivity index (χ2n) is 0.250. The Morgan fingerprint density at radius 2 is 1.29 bits per heavy atom. The third-order valence-corrected chi connectivity index (χ3v) is 0. The van der Waals surface area contributed by atoms with Crippen molar-refractivity contribution in [3.05, 3.63) is 0 Å². The van der Waals surface area contributed by atoms with Gasteiger partial charge in [0.2, 0.25) is 0 Å². The zero-order chi connectivity index (χ0) is 3.58. The van der Waals surface area contributed by atoms with E-state index in [4.69, 9.17) is 14.1 Å². The van der Waals surface area contributed by atoms with Crippen molar-refractivity contribution >= 4 is 64.3 Å². The molecule has 0 radical (unpaired) electrons. The molecule has 0 aliphatic heterocycles. The molecule has 1 N–H and O–H groups in total. The first-order chi connectivity index (χ1) is 1.73. The molecule has 0 fully saturated rings. The van der Waals surface area contributed by atoms with Crippen molar-refractivity contribution in [2.45, 2.75) is 0 Å². The minimum absolute atomic E-state index is 0. The first-order valence-electron chi connectivity index (χ1n) is 0.612. The van der Waals surface area contributed by atoms with E-state index < -0.39 is 9.17 Å². The van der Waals surface area contributed by atoms with E-state index in [1.165, 1.54) is 0 Å². The summed E-state index contributed by atoms with van der Waals surface area (Å²) in [6.45, 7) is 0. The zero-order valence-corrected chi connectivity index (χ0v) is 7.82. The van der Waals surface area contributed by atoms with Crippen LogP contribution in [0.5, 0.6) is 0 Å². The van der Waals surface area contributed by atoms with Crippen molar-refractivity contribution in [3.63, 3.8) is 0 Å². The largest absolute Gasteiger partial charge is 3.00 e. The van der Waals surface area contributed by atoms with Gasteiger partial charge in [0.1, 0.15) is 0 Å². The zero-order valence-electron chi connectivity index (χ0n) is 3.46. The van der Waals surface area contributed by atoms with E-state index in [-0.39, 0.29) is 60.6 Å². The van der Waals surface area contributed by atoms with Gasteiger partial charge in [-0.25, -0.2) is 0 Å². The Morgan fingerprint density at radius 3 is 1.29 bits per heavy atom. The van der Waals surface area contributed by atoms with Gasteiger partial charge in [0.15, 0.2) is 0 Å². The van der Waals surface area contributed by atoms with Gasteiger partial charge in [-0.05, 0) is 0 Å². The summed E-state index contributed by atoms with van der Waals surface area (Å²) < 4.78 is 8.52. The normalized spacial score (nSPS) is 3.43. The van der Waals surface area contributed by atoms with Crippen LogP contribution in [-0.4, -0.2) is 69.7 Å². The van der Waals surface area contributed by atoms with E-state index in [0.717, 1.165) is 0 Å². The summed E-state index contributed by atoms with van der Waals surface area (Å²) in [5, 5.41) is 0. The molecular weight excluding hydrogens is 159 g/mol. The summed E-state index contributed by atoms with van der Waals surface area (Å²) in [5.74, 6) is 0. The number of hydrogen-bond donors (Lipinski definition) is 0. The molecule has 0 saturated heterocycles. The van der Waals surface area contributed by atoms with Crippen LogP contribution in [0.15, 0.2) is 0 Å². The summed E-state index contributed by atoms with van der Waals surface area (Å²) >= 11 is 0. The molecule has 0 aromatic heterocycles. The fraction of sp³-hybridized carbons (Fsp3) is 0. The van der Waals surface area contributed by atoms with Gasteiger partial charge in [0.05, 0.1) is 0 Å². The Balaban J connectivity index is -0.0000000150. The molecule has 0 amide bonds. The molecule has 0 unspecified atom stereocenters. The first kappa shape index (κ1) is 23.8. The van der Waals surface area contributed by atoms with Gasteiger partial charge in [-0.2, -0.15) is 0 Å². The van der Waals surface area contributed by atoms with Gasteiger partial charge in [0, 0.05) is 9.17 Å². The van der Waals surface area contributed by atoms with Crippen molar-refractivity contribution in [3.8, 4) is 0 Å². The SMILES string of the molecule is O=[Si]([O-])[O-].[Al+3].[Ca+2].[OH-]. The maximum atomic E-state index is 8.52. The molecule has 0 atom stereocenters. The number of rotatable bonds is 0. The fourth-order valence-electron chi connectivity index (χ4n) is 0. The molecule has 0 aromatic rings. The fourth-order valence-corrected chi connectivity index (χ4v) is 0. The van der Waals surface area contributed by atoms with Crippen molar-refractivity contribution in [2.24, 2.45) is 0 Å². The van der Waals surface area contributed by atoms with Crippen LogP contribution in [0.2, 0.25) is 0 Å². The summed E-state index contributed by atoms with van der Waals surface area (Å²) in [7, 11) is -3.63. The average molecular weight is 160 g/mol. The van der Waals surface area contributed by atoms with E-state index in [1.54, 1.807) is 0 Å². The van der Waals surface area contributed by atoms with Crippen LogP contribution in [0, 0.1) is 0 Å². The second kappa shape index (κ2) is 15.7. The van der Waals surface area contributed by atoms with Crippen LogP contribution in [0.1, 0.15) is 0 Å². The average Bonchev–Trinajstić information content (AvgIpc) is 0.811. The van der Waals surface area contributed by atoms with Crippen molar-refractivity contribution in [2.75, 3.05) is 0 Å². The summed E-state index contributed by atoms with van der Waals surface area (Å²) in [5.41, 5.74) is 0. The molecule has 4 nitrogen and oxygen atoms in total. The van der Waals surface area contributed by atoms with E-state index in [2.05, 4.69) is 0 Å². The Kier molecular flexibility index (Phi) is 53.3. The Labute approximate surface area is 82.9 Å². The van der Waals surface area contributed by atoms with E-state index in [1.807, 2.05) is 0 Å². The molecule has 0 saturated carbocycles. The molecule has 0 rings (SSSR count). The van der Waals surface area contributed by atoms with E-state index >= 15 is 0 Å². The molecule has 0 aromatic carbocycles. The molecular formula is HAlCaO4Si+2. The molecule has 7 heavy (non-hydrogen) atoms. The van der Waals surface area contributed by atoms with Gasteiger partial charge >= 0.3 is 55.1 Å². The monoisotopic (exact) mass is 160 g/mol. The predicted molar refractivity (Wildman–Crippen MR) is 19.9 cm³/mol. The van der Waals surface area contributed by atoms with Crippen molar-refractivity contribution in [1.29, 1.82) is 0 Å². The third-order valence-electron chi connectivity index (χ3n) is 0. The topological polar surface area (TPSA) is 93.2 Å². The Morgan fingerprint density at radius 1 is 1.29 bits per heavy atom. The predicted octanol–water partition coefficient (Wildman–Crippen LogP) is -3.82. The maximum absolute atomic E-state index is 8.52. The maximum Gasteiger partial charge on any atom is 3.00 e. The minimum atomic E-state index is -3.63. The Hall–Kier alpha value is 1.37. The molecule has 0 aliphatic carbocycles. The van der Waals surface area contributed by atoms with Crippen LogP contribution >= 0.6 is 0 Å². The van der Waals surface area contributed by atoms with Crippen LogP contribution in [0.3, 0.4) is 0 Å². The summed E-state index contributed by atoms with van der Waals surface area (Å²) in [4.78, 5) is 17.0. The van der Waals surface area contributed by atoms with Gasteiger partial charge < -0.3 is 19.5 Å². The van der Waals surface area contributed by atoms with Gasteiger partial charge in [-0.1, -0.05) is 0 Å². The standard InChI is InChI=1S/Al.Ca.O3Si.H2O/c;;1-4(2)3;/h;;;1H2/q+3;+2;-2;/p-1. The molecule has 7 heteroatoms. The van der Waals surface area contributed by atoms with E-state index in [0.29, 0.717) is 0 Å². The van der Waals surface area contributed by atoms with Gasteiger partial charge in [-0.15, -0.1) is 0 Å². The van der Waals surface area contributed by atoms with Gasteiger partial charge in [0.25, 0.3) is 0 Å². The quantitative estimate of drug-likeness (QED) is 0.339. The third kappa shape index (κ3) is 113. The molecule has 0 bridgehead atoms. The Bertz CT molecular complexity index is 34.7. The smallest absolute Gasteiger partial charge is 0.870 e. The van der Waals surface area contributed by atoms with Gasteiger partial charge in [-0.3, -0.25) is 0 Å². The molecule has 0 heterocycles. The van der Waals surface area contributed by atoms with E-state index in [9.17, 15) is 0 Å². The summed E-state index contributed by atoms with van der Waals surface area (Å²) in [6, 6.07) is 0. The summed E-state index contributed by atoms with van der Waals surface area (Å²) in [6.07, 6.45) is 0. The minimum Gasteiger partial charge on any atom is -0.870 e. The van der Waals surface area contributed by atoms with Crippen LogP contribution in [-0.2, 0) is 4.46 Å². The molecule has 0 aliphatic rings. The number of hydrogen-bond acceptors (Lipinski definition) is 4.